The standard InChI is InChI=1S/C27H29N3O2S/c1-29(17-20-7-4-3-5-8-20)21-11-12-23-24(16-21)33-26-25(23)27(31)30(18-28-26)14-13-19-9-6-10-22(15-19)32-2/h3-10,15,18,21H,11-14,16-17H2,1-2H3/t21-/m1/s1. The molecule has 2 heterocycles. The molecule has 1 atom stereocenters. The fourth-order valence-corrected chi connectivity index (χ4v) is 6.05. The van der Waals surface area contributed by atoms with E-state index in [9.17, 15) is 4.79 Å². The Labute approximate surface area is 198 Å². The van der Waals surface area contributed by atoms with Crippen molar-refractivity contribution in [2.45, 2.75) is 44.8 Å². The van der Waals surface area contributed by atoms with Crippen LogP contribution in [-0.2, 0) is 32.4 Å². The summed E-state index contributed by atoms with van der Waals surface area (Å²) in [5.74, 6) is 0.840. The van der Waals surface area contributed by atoms with Crippen LogP contribution in [0.2, 0.25) is 0 Å². The Bertz CT molecular complexity index is 1310. The summed E-state index contributed by atoms with van der Waals surface area (Å²) in [6.45, 7) is 1.56. The average Bonchev–Trinajstić information content (AvgIpc) is 3.23. The van der Waals surface area contributed by atoms with Crippen molar-refractivity contribution < 1.29 is 4.74 Å². The number of aromatic nitrogens is 2. The molecule has 0 saturated heterocycles. The molecular formula is C27H29N3O2S. The molecule has 2 aromatic carbocycles. The molecular weight excluding hydrogens is 430 g/mol. The van der Waals surface area contributed by atoms with E-state index in [4.69, 9.17) is 4.74 Å². The Kier molecular flexibility index (Phi) is 6.29. The lowest BCUT2D eigenvalue weighted by Gasteiger charge is -2.31. The quantitative estimate of drug-likeness (QED) is 0.402. The molecule has 0 fully saturated rings. The summed E-state index contributed by atoms with van der Waals surface area (Å²) in [5.41, 5.74) is 3.81. The Morgan fingerprint density at radius 3 is 2.79 bits per heavy atom. The van der Waals surface area contributed by atoms with Crippen LogP contribution >= 0.6 is 11.3 Å². The van der Waals surface area contributed by atoms with E-state index in [0.717, 1.165) is 53.8 Å². The first-order valence-electron chi connectivity index (χ1n) is 11.5. The van der Waals surface area contributed by atoms with Gasteiger partial charge in [0.2, 0.25) is 0 Å². The molecule has 4 aromatic rings. The number of ether oxygens (including phenoxy) is 1. The number of nitrogens with zero attached hydrogens (tertiary/aromatic N) is 3. The predicted molar refractivity (Wildman–Crippen MR) is 134 cm³/mol. The van der Waals surface area contributed by atoms with Crippen molar-refractivity contribution in [1.82, 2.24) is 14.5 Å². The summed E-state index contributed by atoms with van der Waals surface area (Å²) in [6, 6.07) is 19.1. The van der Waals surface area contributed by atoms with Crippen LogP contribution in [0.15, 0.2) is 65.7 Å². The second-order valence-electron chi connectivity index (χ2n) is 8.83. The van der Waals surface area contributed by atoms with E-state index in [1.165, 1.54) is 16.0 Å². The molecule has 33 heavy (non-hydrogen) atoms. The minimum absolute atomic E-state index is 0.0940. The van der Waals surface area contributed by atoms with Crippen LogP contribution in [0.3, 0.4) is 0 Å². The summed E-state index contributed by atoms with van der Waals surface area (Å²) >= 11 is 1.70. The molecule has 0 aliphatic heterocycles. The van der Waals surface area contributed by atoms with E-state index in [0.29, 0.717) is 12.6 Å². The summed E-state index contributed by atoms with van der Waals surface area (Å²) < 4.78 is 7.08. The summed E-state index contributed by atoms with van der Waals surface area (Å²) in [4.78, 5) is 22.7. The van der Waals surface area contributed by atoms with Crippen LogP contribution < -0.4 is 10.3 Å². The molecule has 170 valence electrons. The van der Waals surface area contributed by atoms with Gasteiger partial charge in [-0.3, -0.25) is 14.3 Å². The smallest absolute Gasteiger partial charge is 0.262 e. The highest BCUT2D eigenvalue weighted by Gasteiger charge is 2.27. The van der Waals surface area contributed by atoms with Crippen molar-refractivity contribution in [3.05, 3.63) is 92.8 Å². The van der Waals surface area contributed by atoms with Gasteiger partial charge in [0.05, 0.1) is 18.8 Å². The lowest BCUT2D eigenvalue weighted by molar-refractivity contribution is 0.215. The van der Waals surface area contributed by atoms with Crippen molar-refractivity contribution in [2.24, 2.45) is 0 Å². The first-order valence-corrected chi connectivity index (χ1v) is 12.3. The van der Waals surface area contributed by atoms with Crippen molar-refractivity contribution in [1.29, 1.82) is 0 Å². The van der Waals surface area contributed by atoms with E-state index in [-0.39, 0.29) is 5.56 Å². The number of fused-ring (bicyclic) bond motifs is 3. The van der Waals surface area contributed by atoms with E-state index < -0.39 is 0 Å². The van der Waals surface area contributed by atoms with Gasteiger partial charge in [0, 0.05) is 24.0 Å². The van der Waals surface area contributed by atoms with E-state index in [2.05, 4.69) is 53.3 Å². The third-order valence-corrected chi connectivity index (χ3v) is 7.85. The van der Waals surface area contributed by atoms with Gasteiger partial charge in [0.15, 0.2) is 0 Å². The maximum absolute atomic E-state index is 13.4. The molecule has 0 unspecified atom stereocenters. The van der Waals surface area contributed by atoms with Crippen molar-refractivity contribution >= 4 is 21.6 Å². The van der Waals surface area contributed by atoms with Gasteiger partial charge < -0.3 is 4.74 Å². The summed E-state index contributed by atoms with van der Waals surface area (Å²) in [6.07, 6.45) is 5.48. The van der Waals surface area contributed by atoms with Crippen LogP contribution in [0.25, 0.3) is 10.2 Å². The summed E-state index contributed by atoms with van der Waals surface area (Å²) in [7, 11) is 3.88. The van der Waals surface area contributed by atoms with Gasteiger partial charge in [-0.1, -0.05) is 42.5 Å². The lowest BCUT2D eigenvalue weighted by atomic mass is 9.92. The third kappa shape index (κ3) is 4.59. The molecule has 0 N–H and O–H groups in total. The van der Waals surface area contributed by atoms with Gasteiger partial charge in [-0.05, 0) is 61.6 Å². The fourth-order valence-electron chi connectivity index (χ4n) is 4.80. The van der Waals surface area contributed by atoms with Crippen LogP contribution in [-0.4, -0.2) is 34.7 Å². The first-order chi connectivity index (χ1) is 16.1. The Hall–Kier alpha value is -2.96. The molecule has 5 nitrogen and oxygen atoms in total. The van der Waals surface area contributed by atoms with Crippen molar-refractivity contribution in [3.63, 3.8) is 0 Å². The fraction of sp³-hybridized carbons (Fsp3) is 0.333. The summed E-state index contributed by atoms with van der Waals surface area (Å²) in [5, 5.41) is 0.840. The molecule has 5 rings (SSSR count). The zero-order valence-electron chi connectivity index (χ0n) is 19.2. The van der Waals surface area contributed by atoms with Crippen LogP contribution in [0.5, 0.6) is 5.75 Å². The van der Waals surface area contributed by atoms with Gasteiger partial charge in [-0.2, -0.15) is 0 Å². The number of hydrogen-bond acceptors (Lipinski definition) is 5. The molecule has 1 aliphatic carbocycles. The molecule has 0 radical (unpaired) electrons. The molecule has 0 amide bonds. The van der Waals surface area contributed by atoms with E-state index >= 15 is 0 Å². The normalized spacial score (nSPS) is 15.7. The second-order valence-corrected chi connectivity index (χ2v) is 9.91. The van der Waals surface area contributed by atoms with E-state index in [1.54, 1.807) is 29.3 Å². The number of hydrogen-bond donors (Lipinski definition) is 0. The zero-order valence-corrected chi connectivity index (χ0v) is 20.0. The number of aryl methyl sites for hydroxylation is 3. The van der Waals surface area contributed by atoms with Crippen molar-refractivity contribution in [2.75, 3.05) is 14.2 Å². The zero-order chi connectivity index (χ0) is 22.8. The SMILES string of the molecule is COc1cccc(CCn2cnc3sc4c(c3c2=O)CC[C@@H](N(C)Cc2ccccc2)C4)c1. The molecule has 2 aromatic heterocycles. The molecule has 1 aliphatic rings. The maximum Gasteiger partial charge on any atom is 0.262 e. The molecule has 0 spiro atoms. The lowest BCUT2D eigenvalue weighted by Crippen LogP contribution is -2.35. The van der Waals surface area contributed by atoms with Gasteiger partial charge >= 0.3 is 0 Å². The van der Waals surface area contributed by atoms with Gasteiger partial charge in [0.1, 0.15) is 10.6 Å². The molecule has 0 saturated carbocycles. The first kappa shape index (κ1) is 21.9. The Balaban J connectivity index is 1.34. The largest absolute Gasteiger partial charge is 0.497 e. The van der Waals surface area contributed by atoms with Crippen molar-refractivity contribution in [3.8, 4) is 5.75 Å². The highest BCUT2D eigenvalue weighted by Crippen LogP contribution is 2.35. The van der Waals surface area contributed by atoms with Gasteiger partial charge in [-0.15, -0.1) is 11.3 Å². The molecule has 0 bridgehead atoms. The third-order valence-electron chi connectivity index (χ3n) is 6.68. The average molecular weight is 460 g/mol. The predicted octanol–water partition coefficient (Wildman–Crippen LogP) is 4.70. The minimum atomic E-state index is 0.0940. The number of likely N-dealkylation sites (N-methyl/N-ethyl adjacent to an activating group) is 1. The Morgan fingerprint density at radius 1 is 1.15 bits per heavy atom. The van der Waals surface area contributed by atoms with E-state index in [1.807, 2.05) is 18.2 Å². The Morgan fingerprint density at radius 2 is 1.97 bits per heavy atom. The van der Waals surface area contributed by atoms with Gasteiger partial charge in [-0.25, -0.2) is 4.98 Å². The number of methoxy groups -OCH3 is 1. The van der Waals surface area contributed by atoms with Crippen LogP contribution in [0.4, 0.5) is 0 Å². The monoisotopic (exact) mass is 459 g/mol. The number of thiophene rings is 1. The molecule has 6 heteroatoms. The number of rotatable bonds is 7. The van der Waals surface area contributed by atoms with Crippen LogP contribution in [0.1, 0.15) is 28.0 Å². The maximum atomic E-state index is 13.4. The highest BCUT2D eigenvalue weighted by molar-refractivity contribution is 7.18. The topological polar surface area (TPSA) is 47.4 Å². The second kappa shape index (κ2) is 9.49. The highest BCUT2D eigenvalue weighted by atomic mass is 32.1. The van der Waals surface area contributed by atoms with Gasteiger partial charge in [0.25, 0.3) is 5.56 Å². The minimum Gasteiger partial charge on any atom is -0.497 e. The number of benzene rings is 2. The van der Waals surface area contributed by atoms with Crippen LogP contribution in [0, 0.1) is 0 Å².